The Morgan fingerprint density at radius 1 is 1.69 bits per heavy atom. The van der Waals surface area contributed by atoms with Crippen molar-refractivity contribution < 1.29 is 13.3 Å². The molecule has 0 aliphatic rings. The van der Waals surface area contributed by atoms with Gasteiger partial charge < -0.3 is 9.08 Å². The van der Waals surface area contributed by atoms with Gasteiger partial charge in [-0.3, -0.25) is 0 Å². The van der Waals surface area contributed by atoms with Gasteiger partial charge in [-0.1, -0.05) is 5.16 Å². The van der Waals surface area contributed by atoms with E-state index in [0.29, 0.717) is 11.5 Å². The quantitative estimate of drug-likeness (QED) is 0.702. The van der Waals surface area contributed by atoms with Gasteiger partial charge in [0.25, 0.3) is 0 Å². The molecule has 0 radical (unpaired) electrons. The van der Waals surface area contributed by atoms with E-state index in [-0.39, 0.29) is 6.54 Å². The van der Waals surface area contributed by atoms with E-state index in [4.69, 9.17) is 9.08 Å². The number of nitrogens with one attached hydrogen (secondary N) is 1. The molecule has 0 spiro atoms. The van der Waals surface area contributed by atoms with Crippen LogP contribution in [0.4, 0.5) is 0 Å². The molecule has 0 fully saturated rings. The first kappa shape index (κ1) is 10.2. The van der Waals surface area contributed by atoms with E-state index < -0.39 is 9.99 Å². The third kappa shape index (κ3) is 2.83. The van der Waals surface area contributed by atoms with E-state index in [1.165, 1.54) is 0 Å². The molecule has 1 heterocycles. The Hall–Kier alpha value is -0.850. The van der Waals surface area contributed by atoms with E-state index >= 15 is 0 Å². The topological polar surface area (TPSA) is 75.4 Å². The summed E-state index contributed by atoms with van der Waals surface area (Å²) in [5, 5.41) is 3.71. The number of hydrogen-bond acceptors (Lipinski definition) is 3. The maximum Gasteiger partial charge on any atom is 0.138 e. The zero-order valence-electron chi connectivity index (χ0n) is 7.53. The number of rotatable bonds is 3. The van der Waals surface area contributed by atoms with Crippen molar-refractivity contribution in [2.45, 2.75) is 20.4 Å². The molecule has 0 amide bonds. The first-order chi connectivity index (χ1) is 5.90. The van der Waals surface area contributed by atoms with Gasteiger partial charge in [0.1, 0.15) is 15.7 Å². The highest BCUT2D eigenvalue weighted by Crippen LogP contribution is 2.11. The number of aromatic nitrogens is 1. The molecule has 13 heavy (non-hydrogen) atoms. The van der Waals surface area contributed by atoms with Crippen LogP contribution in [0, 0.1) is 13.8 Å². The molecule has 1 aromatic rings. The number of hydrogen-bond donors (Lipinski definition) is 2. The van der Waals surface area contributed by atoms with Gasteiger partial charge in [-0.25, -0.2) is 8.93 Å². The second-order valence-corrected chi connectivity index (χ2v) is 4.33. The van der Waals surface area contributed by atoms with Gasteiger partial charge in [0.2, 0.25) is 0 Å². The monoisotopic (exact) mass is 204 g/mol. The summed E-state index contributed by atoms with van der Waals surface area (Å²) >= 11 is 0. The van der Waals surface area contributed by atoms with Crippen LogP contribution in [-0.4, -0.2) is 19.8 Å². The van der Waals surface area contributed by atoms with Crippen molar-refractivity contribution in [1.82, 2.24) is 9.88 Å². The summed E-state index contributed by atoms with van der Waals surface area (Å²) < 4.78 is 26.9. The first-order valence-electron chi connectivity index (χ1n) is 3.66. The van der Waals surface area contributed by atoms with Crippen LogP contribution in [0.15, 0.2) is 4.52 Å². The highest BCUT2D eigenvalue weighted by atomic mass is 32.2. The molecular formula is C7H12N2O3S. The Labute approximate surface area is 77.1 Å². The van der Waals surface area contributed by atoms with Crippen LogP contribution in [0.3, 0.4) is 0 Å². The SMILES string of the molecule is C=S(=O)(O)NCc1c(C)noc1C. The van der Waals surface area contributed by atoms with Gasteiger partial charge in [0.05, 0.1) is 5.69 Å². The summed E-state index contributed by atoms with van der Waals surface area (Å²) in [4.78, 5) is 0. The molecule has 0 saturated carbocycles. The molecule has 0 bridgehead atoms. The van der Waals surface area contributed by atoms with Crippen LogP contribution in [0.25, 0.3) is 0 Å². The lowest BCUT2D eigenvalue weighted by atomic mass is 10.2. The molecule has 0 aliphatic carbocycles. The maximum absolute atomic E-state index is 10.8. The van der Waals surface area contributed by atoms with Crippen molar-refractivity contribution in [3.63, 3.8) is 0 Å². The Morgan fingerprint density at radius 2 is 2.31 bits per heavy atom. The van der Waals surface area contributed by atoms with E-state index in [1.807, 2.05) is 0 Å². The zero-order chi connectivity index (χ0) is 10.1. The fraction of sp³-hybridized carbons (Fsp3) is 0.429. The lowest BCUT2D eigenvalue weighted by Gasteiger charge is -2.03. The van der Waals surface area contributed by atoms with Gasteiger partial charge in [0, 0.05) is 12.1 Å². The second-order valence-electron chi connectivity index (χ2n) is 2.76. The molecular weight excluding hydrogens is 192 g/mol. The molecule has 74 valence electrons. The van der Waals surface area contributed by atoms with Crippen LogP contribution in [0.2, 0.25) is 0 Å². The molecule has 0 saturated heterocycles. The van der Waals surface area contributed by atoms with Crippen molar-refractivity contribution in [2.24, 2.45) is 0 Å². The van der Waals surface area contributed by atoms with Gasteiger partial charge in [0.15, 0.2) is 0 Å². The largest absolute Gasteiger partial charge is 0.361 e. The summed E-state index contributed by atoms with van der Waals surface area (Å²) in [5.41, 5.74) is 1.51. The van der Waals surface area contributed by atoms with Crippen molar-refractivity contribution in [3.8, 4) is 0 Å². The van der Waals surface area contributed by atoms with Crippen LogP contribution in [-0.2, 0) is 16.5 Å². The van der Waals surface area contributed by atoms with Crippen molar-refractivity contribution in [3.05, 3.63) is 17.0 Å². The van der Waals surface area contributed by atoms with E-state index in [9.17, 15) is 4.21 Å². The van der Waals surface area contributed by atoms with Crippen LogP contribution in [0.1, 0.15) is 17.0 Å². The summed E-state index contributed by atoms with van der Waals surface area (Å²) in [7, 11) is -3.15. The molecule has 5 nitrogen and oxygen atoms in total. The van der Waals surface area contributed by atoms with E-state index in [2.05, 4.69) is 15.7 Å². The first-order valence-corrected chi connectivity index (χ1v) is 5.34. The third-order valence-electron chi connectivity index (χ3n) is 1.66. The molecule has 2 N–H and O–H groups in total. The molecule has 6 heteroatoms. The third-order valence-corrected chi connectivity index (χ3v) is 2.25. The zero-order valence-corrected chi connectivity index (χ0v) is 8.35. The molecule has 0 aliphatic heterocycles. The average Bonchev–Trinajstić information content (AvgIpc) is 2.27. The summed E-state index contributed by atoms with van der Waals surface area (Å²) in [6.45, 7) is 3.76. The fourth-order valence-electron chi connectivity index (χ4n) is 0.939. The Morgan fingerprint density at radius 3 is 2.69 bits per heavy atom. The van der Waals surface area contributed by atoms with E-state index in [0.717, 1.165) is 5.56 Å². The second kappa shape index (κ2) is 3.49. The lowest BCUT2D eigenvalue weighted by Crippen LogP contribution is -2.22. The normalized spacial score (nSPS) is 15.6. The fourth-order valence-corrected chi connectivity index (χ4v) is 1.31. The highest BCUT2D eigenvalue weighted by molar-refractivity contribution is 7.93. The molecule has 1 atom stereocenters. The molecule has 1 unspecified atom stereocenters. The Balaban J connectivity index is 2.75. The minimum atomic E-state index is -3.15. The van der Waals surface area contributed by atoms with Crippen LogP contribution < -0.4 is 4.72 Å². The summed E-state index contributed by atoms with van der Waals surface area (Å²) in [5.74, 6) is 3.70. The standard InChI is InChI=1S/C7H12N2O3S/c1-5-7(6(2)12-9-5)4-8-13(3,10)11/h3-4H2,1-2H3,(H2,8,10,11). The predicted octanol–water partition coefficient (Wildman–Crippen LogP) is 0.485. The van der Waals surface area contributed by atoms with Crippen molar-refractivity contribution in [2.75, 3.05) is 0 Å². The lowest BCUT2D eigenvalue weighted by molar-refractivity contribution is 0.392. The van der Waals surface area contributed by atoms with Crippen molar-refractivity contribution in [1.29, 1.82) is 0 Å². The van der Waals surface area contributed by atoms with Crippen molar-refractivity contribution >= 4 is 15.9 Å². The van der Waals surface area contributed by atoms with Crippen LogP contribution in [0.5, 0.6) is 0 Å². The Kier molecular flexibility index (Phi) is 2.74. The minimum Gasteiger partial charge on any atom is -0.361 e. The minimum absolute atomic E-state index is 0.236. The predicted molar refractivity (Wildman–Crippen MR) is 50.7 cm³/mol. The smallest absolute Gasteiger partial charge is 0.138 e. The maximum atomic E-state index is 10.8. The summed E-state index contributed by atoms with van der Waals surface area (Å²) in [6, 6.07) is 0. The van der Waals surface area contributed by atoms with Gasteiger partial charge in [-0.2, -0.15) is 0 Å². The van der Waals surface area contributed by atoms with Crippen LogP contribution >= 0.6 is 0 Å². The van der Waals surface area contributed by atoms with E-state index in [1.54, 1.807) is 13.8 Å². The highest BCUT2D eigenvalue weighted by Gasteiger charge is 2.09. The molecule has 1 rings (SSSR count). The summed E-state index contributed by atoms with van der Waals surface area (Å²) in [6.07, 6.45) is 0. The number of aryl methyl sites for hydroxylation is 2. The molecule has 0 aromatic carbocycles. The Bertz CT molecular complexity index is 374. The van der Waals surface area contributed by atoms with Gasteiger partial charge >= 0.3 is 0 Å². The van der Waals surface area contributed by atoms with Gasteiger partial charge in [-0.15, -0.1) is 0 Å². The average molecular weight is 204 g/mol. The molecule has 1 aromatic heterocycles. The van der Waals surface area contributed by atoms with Gasteiger partial charge in [-0.05, 0) is 19.7 Å². The number of nitrogens with zero attached hydrogens (tertiary/aromatic N) is 1.